The monoisotopic (exact) mass is 287 g/mol. The Balaban J connectivity index is -0.000000722. The largest absolute Gasteiger partial charge is 1.00 e. The van der Waals surface area contributed by atoms with Crippen molar-refractivity contribution in [3.63, 3.8) is 0 Å². The van der Waals surface area contributed by atoms with Crippen LogP contribution in [0, 0.1) is 0 Å². The maximum Gasteiger partial charge on any atom is 1.00 e. The first kappa shape index (κ1) is 18.1. The molecule has 2 heterocycles. The van der Waals surface area contributed by atoms with Crippen LogP contribution < -0.4 is 70.4 Å². The Labute approximate surface area is 154 Å². The van der Waals surface area contributed by atoms with Crippen LogP contribution in [0.1, 0.15) is 25.3 Å². The second-order valence-corrected chi connectivity index (χ2v) is 4.28. The minimum atomic E-state index is -1.26. The van der Waals surface area contributed by atoms with Crippen LogP contribution >= 0.6 is 11.3 Å². The molecule has 0 saturated carbocycles. The average molecular weight is 287 g/mol. The Bertz CT molecular complexity index is 647. The number of nitrogens with zero attached hydrogens (tertiary/aromatic N) is 1. The Hall–Kier alpha value is 0.110. The van der Waals surface area contributed by atoms with E-state index in [1.165, 1.54) is 11.3 Å². The SMILES string of the molecule is CCc1sc2nc(C(=O)O)[nH]c(=O)c2c1N.[H-].[H-].[Na+].[Na+]. The number of nitrogen functional groups attached to an aromatic ring is 1. The minimum absolute atomic E-state index is 0. The molecule has 18 heavy (non-hydrogen) atoms. The molecule has 0 aliphatic rings. The van der Waals surface area contributed by atoms with Crippen LogP contribution in [0.25, 0.3) is 10.2 Å². The van der Waals surface area contributed by atoms with Gasteiger partial charge in [-0.2, -0.15) is 0 Å². The molecule has 0 fully saturated rings. The normalized spacial score (nSPS) is 9.61. The molecule has 0 radical (unpaired) electrons. The van der Waals surface area contributed by atoms with Crippen LogP contribution in [0.2, 0.25) is 0 Å². The van der Waals surface area contributed by atoms with Gasteiger partial charge in [0.05, 0.1) is 11.1 Å². The van der Waals surface area contributed by atoms with Crippen molar-refractivity contribution in [2.45, 2.75) is 13.3 Å². The molecule has 4 N–H and O–H groups in total. The molecule has 0 aliphatic carbocycles. The van der Waals surface area contributed by atoms with Crippen molar-refractivity contribution in [1.29, 1.82) is 0 Å². The van der Waals surface area contributed by atoms with E-state index in [9.17, 15) is 9.59 Å². The van der Waals surface area contributed by atoms with Gasteiger partial charge in [-0.25, -0.2) is 9.78 Å². The quantitative estimate of drug-likeness (QED) is 0.480. The van der Waals surface area contributed by atoms with Gasteiger partial charge in [0, 0.05) is 4.88 Å². The predicted octanol–water partition coefficient (Wildman–Crippen LogP) is -4.94. The molecule has 0 bridgehead atoms. The number of anilines is 1. The standard InChI is InChI=1S/C9H9N3O3S.2Na.2H/c1-2-3-5(10)4-7(13)11-6(9(14)15)12-8(4)16-3;;;;/h2,10H2,1H3,(H,14,15)(H,11,12,13);;;;/q;2*+1;2*-1. The number of aryl methyl sites for hydroxylation is 1. The molecule has 0 saturated heterocycles. The summed E-state index contributed by atoms with van der Waals surface area (Å²) in [6, 6.07) is 0. The summed E-state index contributed by atoms with van der Waals surface area (Å²) in [4.78, 5) is 29.6. The summed E-state index contributed by atoms with van der Waals surface area (Å²) in [5.74, 6) is -1.62. The van der Waals surface area contributed by atoms with E-state index in [2.05, 4.69) is 9.97 Å². The van der Waals surface area contributed by atoms with Crippen LogP contribution in [0.15, 0.2) is 4.79 Å². The minimum Gasteiger partial charge on any atom is -1.00 e. The van der Waals surface area contributed by atoms with Gasteiger partial charge in [-0.15, -0.1) is 11.3 Å². The molecule has 0 atom stereocenters. The zero-order chi connectivity index (χ0) is 11.9. The van der Waals surface area contributed by atoms with Gasteiger partial charge >= 0.3 is 65.1 Å². The number of hydrogen-bond donors (Lipinski definition) is 3. The summed E-state index contributed by atoms with van der Waals surface area (Å²) < 4.78 is 0. The number of carboxylic acids is 1. The number of carboxylic acid groups (broad SMARTS) is 1. The molecule has 0 spiro atoms. The summed E-state index contributed by atoms with van der Waals surface area (Å²) in [6.45, 7) is 1.91. The first-order chi connectivity index (χ1) is 7.54. The fraction of sp³-hybridized carbons (Fsp3) is 0.222. The van der Waals surface area contributed by atoms with E-state index in [0.717, 1.165) is 4.88 Å². The van der Waals surface area contributed by atoms with E-state index in [4.69, 9.17) is 10.8 Å². The molecule has 88 valence electrons. The molecular formula is C9H11N3Na2O3S. The molecule has 0 unspecified atom stereocenters. The van der Waals surface area contributed by atoms with Gasteiger partial charge in [0.2, 0.25) is 5.82 Å². The van der Waals surface area contributed by atoms with Crippen molar-refractivity contribution in [2.75, 3.05) is 5.73 Å². The van der Waals surface area contributed by atoms with Crippen molar-refractivity contribution in [3.05, 3.63) is 21.1 Å². The zero-order valence-corrected chi connectivity index (χ0v) is 15.2. The number of aromatic nitrogens is 2. The van der Waals surface area contributed by atoms with Gasteiger partial charge in [-0.05, 0) is 6.42 Å². The number of fused-ring (bicyclic) bond motifs is 1. The van der Waals surface area contributed by atoms with Gasteiger partial charge in [-0.1, -0.05) is 6.92 Å². The first-order valence-corrected chi connectivity index (χ1v) is 5.40. The number of carbonyl (C=O) groups is 1. The number of hydrogen-bond acceptors (Lipinski definition) is 5. The number of nitrogens with one attached hydrogen (secondary N) is 1. The van der Waals surface area contributed by atoms with E-state index in [-0.39, 0.29) is 73.2 Å². The number of thiophene rings is 1. The predicted molar refractivity (Wildman–Crippen MR) is 63.2 cm³/mol. The van der Waals surface area contributed by atoms with Gasteiger partial charge in [-0.3, -0.25) is 4.79 Å². The smallest absolute Gasteiger partial charge is 1.00 e. The molecule has 0 aromatic carbocycles. The summed E-state index contributed by atoms with van der Waals surface area (Å²) >= 11 is 1.25. The van der Waals surface area contributed by atoms with Crippen molar-refractivity contribution in [2.24, 2.45) is 0 Å². The third kappa shape index (κ3) is 3.16. The fourth-order valence-corrected chi connectivity index (χ4v) is 2.47. The molecule has 9 heteroatoms. The van der Waals surface area contributed by atoms with Gasteiger partial charge < -0.3 is 18.7 Å². The van der Waals surface area contributed by atoms with Crippen molar-refractivity contribution in [1.82, 2.24) is 9.97 Å². The fourth-order valence-electron chi connectivity index (χ4n) is 1.44. The van der Waals surface area contributed by atoms with Gasteiger partial charge in [0.1, 0.15) is 4.83 Å². The molecule has 0 amide bonds. The number of nitrogens with two attached hydrogens (primary N) is 1. The molecule has 0 aliphatic heterocycles. The van der Waals surface area contributed by atoms with Crippen LogP contribution in [0.5, 0.6) is 0 Å². The van der Waals surface area contributed by atoms with Crippen LogP contribution in [-0.4, -0.2) is 21.0 Å². The maximum atomic E-state index is 11.6. The Morgan fingerprint density at radius 1 is 1.56 bits per heavy atom. The number of rotatable bonds is 2. The summed E-state index contributed by atoms with van der Waals surface area (Å²) in [5, 5.41) is 9.03. The first-order valence-electron chi connectivity index (χ1n) is 4.59. The number of H-pyrrole nitrogens is 1. The molecule has 2 aromatic heterocycles. The summed E-state index contributed by atoms with van der Waals surface area (Å²) in [7, 11) is 0. The topological polar surface area (TPSA) is 109 Å². The molecule has 2 aromatic rings. The van der Waals surface area contributed by atoms with Gasteiger partial charge in [0.15, 0.2) is 0 Å². The van der Waals surface area contributed by atoms with E-state index in [1.54, 1.807) is 0 Å². The van der Waals surface area contributed by atoms with Crippen molar-refractivity contribution >= 4 is 33.2 Å². The molecule has 6 nitrogen and oxygen atoms in total. The van der Waals surface area contributed by atoms with Crippen LogP contribution in [0.3, 0.4) is 0 Å². The van der Waals surface area contributed by atoms with Crippen LogP contribution in [0.4, 0.5) is 5.69 Å². The Kier molecular flexibility index (Phi) is 7.09. The van der Waals surface area contributed by atoms with Crippen molar-refractivity contribution < 1.29 is 71.9 Å². The third-order valence-electron chi connectivity index (χ3n) is 2.20. The Morgan fingerprint density at radius 3 is 2.67 bits per heavy atom. The van der Waals surface area contributed by atoms with Gasteiger partial charge in [0.25, 0.3) is 5.56 Å². The maximum absolute atomic E-state index is 11.6. The van der Waals surface area contributed by atoms with Crippen LogP contribution in [-0.2, 0) is 6.42 Å². The van der Waals surface area contributed by atoms with E-state index >= 15 is 0 Å². The van der Waals surface area contributed by atoms with Crippen molar-refractivity contribution in [3.8, 4) is 0 Å². The second kappa shape index (κ2) is 7.04. The Morgan fingerprint density at radius 2 is 2.17 bits per heavy atom. The number of aromatic amines is 1. The molecule has 2 rings (SSSR count). The third-order valence-corrected chi connectivity index (χ3v) is 3.44. The van der Waals surface area contributed by atoms with E-state index in [1.807, 2.05) is 6.92 Å². The van der Waals surface area contributed by atoms with E-state index < -0.39 is 11.5 Å². The zero-order valence-electron chi connectivity index (χ0n) is 12.4. The molecular weight excluding hydrogens is 276 g/mol. The summed E-state index contributed by atoms with van der Waals surface area (Å²) in [5.41, 5.74) is 5.67. The summed E-state index contributed by atoms with van der Waals surface area (Å²) in [6.07, 6.45) is 0.689. The second-order valence-electron chi connectivity index (χ2n) is 3.19. The van der Waals surface area contributed by atoms with E-state index in [0.29, 0.717) is 16.9 Å². The number of aromatic carboxylic acids is 1. The average Bonchev–Trinajstić information content (AvgIpc) is 2.55.